The predicted octanol–water partition coefficient (Wildman–Crippen LogP) is 1.47. The molecule has 1 aliphatic rings. The van der Waals surface area contributed by atoms with Gasteiger partial charge in [-0.15, -0.1) is 0 Å². The summed E-state index contributed by atoms with van der Waals surface area (Å²) in [6, 6.07) is 5.37. The molecular formula is C11H13NO2S. The monoisotopic (exact) mass is 223 g/mol. The molecule has 3 nitrogen and oxygen atoms in total. The predicted molar refractivity (Wildman–Crippen MR) is 60.0 cm³/mol. The first kappa shape index (κ1) is 10.4. The van der Waals surface area contributed by atoms with E-state index in [0.717, 1.165) is 11.1 Å². The molecule has 1 aromatic carbocycles. The van der Waals surface area contributed by atoms with Crippen LogP contribution in [0.15, 0.2) is 28.0 Å². The molecule has 0 unspecified atom stereocenters. The van der Waals surface area contributed by atoms with Crippen molar-refractivity contribution in [2.75, 3.05) is 6.54 Å². The largest absolute Gasteiger partial charge is 0.330 e. The standard InChI is InChI=1S/C11H13NO2S/c1-8-2-3-11-9(6-8)7-10(4-5-12)15(11,13)14/h2-3,6-7H,4-5,12H2,1H3. The number of fused-ring (bicyclic) bond motifs is 1. The van der Waals surface area contributed by atoms with Crippen LogP contribution in [-0.4, -0.2) is 15.0 Å². The van der Waals surface area contributed by atoms with Gasteiger partial charge in [-0.3, -0.25) is 0 Å². The van der Waals surface area contributed by atoms with Gasteiger partial charge in [-0.05, 0) is 37.6 Å². The molecule has 0 bridgehead atoms. The molecule has 2 rings (SSSR count). The Morgan fingerprint density at radius 2 is 2.07 bits per heavy atom. The van der Waals surface area contributed by atoms with Crippen molar-refractivity contribution in [3.8, 4) is 0 Å². The minimum atomic E-state index is -3.24. The number of sulfone groups is 1. The summed E-state index contributed by atoms with van der Waals surface area (Å²) in [4.78, 5) is 0.849. The van der Waals surface area contributed by atoms with Gasteiger partial charge in [0, 0.05) is 0 Å². The van der Waals surface area contributed by atoms with E-state index >= 15 is 0 Å². The third-order valence-corrected chi connectivity index (χ3v) is 4.47. The van der Waals surface area contributed by atoms with Crippen molar-refractivity contribution < 1.29 is 8.42 Å². The van der Waals surface area contributed by atoms with E-state index in [4.69, 9.17) is 5.73 Å². The Balaban J connectivity index is 2.58. The zero-order valence-electron chi connectivity index (χ0n) is 8.53. The van der Waals surface area contributed by atoms with Crippen LogP contribution in [0.25, 0.3) is 6.08 Å². The molecule has 0 atom stereocenters. The Kier molecular flexibility index (Phi) is 2.40. The van der Waals surface area contributed by atoms with Crippen LogP contribution in [0.3, 0.4) is 0 Å². The molecule has 80 valence electrons. The van der Waals surface area contributed by atoms with E-state index in [-0.39, 0.29) is 0 Å². The molecule has 1 aliphatic heterocycles. The maximum atomic E-state index is 12.0. The van der Waals surface area contributed by atoms with Crippen LogP contribution in [0.5, 0.6) is 0 Å². The first-order valence-corrected chi connectivity index (χ1v) is 6.30. The lowest BCUT2D eigenvalue weighted by atomic mass is 10.1. The van der Waals surface area contributed by atoms with E-state index in [1.54, 1.807) is 12.1 Å². The molecule has 15 heavy (non-hydrogen) atoms. The Bertz CT molecular complexity index is 530. The molecule has 0 spiro atoms. The SMILES string of the molecule is Cc1ccc2c(c1)C=C(CCN)S2(=O)=O. The first-order chi connectivity index (χ1) is 7.05. The van der Waals surface area contributed by atoms with Crippen molar-refractivity contribution in [2.24, 2.45) is 5.73 Å². The van der Waals surface area contributed by atoms with E-state index in [0.29, 0.717) is 22.8 Å². The molecule has 0 saturated heterocycles. The number of rotatable bonds is 2. The van der Waals surface area contributed by atoms with Crippen molar-refractivity contribution in [3.63, 3.8) is 0 Å². The lowest BCUT2D eigenvalue weighted by molar-refractivity contribution is 0.601. The summed E-state index contributed by atoms with van der Waals surface area (Å²) in [7, 11) is -3.24. The van der Waals surface area contributed by atoms with Crippen LogP contribution in [0.4, 0.5) is 0 Å². The minimum absolute atomic E-state index is 0.359. The van der Waals surface area contributed by atoms with Crippen LogP contribution < -0.4 is 5.73 Å². The molecule has 0 radical (unpaired) electrons. The van der Waals surface area contributed by atoms with Crippen LogP contribution in [-0.2, 0) is 9.84 Å². The highest BCUT2D eigenvalue weighted by Gasteiger charge is 2.28. The van der Waals surface area contributed by atoms with Gasteiger partial charge in [-0.2, -0.15) is 0 Å². The highest BCUT2D eigenvalue weighted by atomic mass is 32.2. The summed E-state index contributed by atoms with van der Waals surface area (Å²) < 4.78 is 23.9. The highest BCUT2D eigenvalue weighted by molar-refractivity contribution is 7.95. The zero-order valence-corrected chi connectivity index (χ0v) is 9.34. The van der Waals surface area contributed by atoms with E-state index in [1.165, 1.54) is 0 Å². The first-order valence-electron chi connectivity index (χ1n) is 4.82. The second kappa shape index (κ2) is 3.47. The molecule has 0 aliphatic carbocycles. The smallest absolute Gasteiger partial charge is 0.203 e. The lowest BCUT2D eigenvalue weighted by Gasteiger charge is -2.02. The van der Waals surface area contributed by atoms with Crippen molar-refractivity contribution in [3.05, 3.63) is 34.2 Å². The molecule has 2 N–H and O–H groups in total. The van der Waals surface area contributed by atoms with Crippen LogP contribution >= 0.6 is 0 Å². The molecule has 1 aromatic rings. The Labute approximate surface area is 89.5 Å². The van der Waals surface area contributed by atoms with Crippen LogP contribution in [0, 0.1) is 6.92 Å². The topological polar surface area (TPSA) is 60.2 Å². The molecule has 0 amide bonds. The molecule has 0 saturated carbocycles. The maximum Gasteiger partial charge on any atom is 0.203 e. The zero-order chi connectivity index (χ0) is 11.1. The summed E-state index contributed by atoms with van der Waals surface area (Å²) in [6.45, 7) is 2.31. The second-order valence-electron chi connectivity index (χ2n) is 3.69. The molecule has 4 heteroatoms. The van der Waals surface area contributed by atoms with Gasteiger partial charge >= 0.3 is 0 Å². The van der Waals surface area contributed by atoms with Crippen molar-refractivity contribution >= 4 is 15.9 Å². The van der Waals surface area contributed by atoms with Crippen molar-refractivity contribution in [1.29, 1.82) is 0 Å². The maximum absolute atomic E-state index is 12.0. The van der Waals surface area contributed by atoms with Gasteiger partial charge in [0.15, 0.2) is 0 Å². The van der Waals surface area contributed by atoms with Crippen molar-refractivity contribution in [1.82, 2.24) is 0 Å². The van der Waals surface area contributed by atoms with Crippen LogP contribution in [0.1, 0.15) is 17.5 Å². The average Bonchev–Trinajstić information content (AvgIpc) is 2.39. The van der Waals surface area contributed by atoms with Gasteiger partial charge in [0.2, 0.25) is 9.84 Å². The molecule has 0 aromatic heterocycles. The Morgan fingerprint density at radius 3 is 2.73 bits per heavy atom. The summed E-state index contributed by atoms with van der Waals surface area (Å²) in [5.41, 5.74) is 7.24. The van der Waals surface area contributed by atoms with Crippen LogP contribution in [0.2, 0.25) is 0 Å². The number of aryl methyl sites for hydroxylation is 1. The normalized spacial score (nSPS) is 17.3. The lowest BCUT2D eigenvalue weighted by Crippen LogP contribution is -2.06. The summed E-state index contributed by atoms with van der Waals surface area (Å²) in [5, 5.41) is 0. The molecule has 0 fully saturated rings. The number of nitrogens with two attached hydrogens (primary N) is 1. The van der Waals surface area contributed by atoms with Gasteiger partial charge in [0.25, 0.3) is 0 Å². The number of hydrogen-bond donors (Lipinski definition) is 1. The van der Waals surface area contributed by atoms with E-state index in [2.05, 4.69) is 0 Å². The van der Waals surface area contributed by atoms with Crippen molar-refractivity contribution in [2.45, 2.75) is 18.2 Å². The summed E-state index contributed by atoms with van der Waals surface area (Å²) >= 11 is 0. The fraction of sp³-hybridized carbons (Fsp3) is 0.273. The fourth-order valence-corrected chi connectivity index (χ4v) is 3.39. The summed E-state index contributed by atoms with van der Waals surface area (Å²) in [5.74, 6) is 0. The third-order valence-electron chi connectivity index (χ3n) is 2.51. The minimum Gasteiger partial charge on any atom is -0.330 e. The third kappa shape index (κ3) is 1.60. The summed E-state index contributed by atoms with van der Waals surface area (Å²) in [6.07, 6.45) is 2.14. The number of benzene rings is 1. The van der Waals surface area contributed by atoms with Gasteiger partial charge in [-0.25, -0.2) is 8.42 Å². The van der Waals surface area contributed by atoms with Gasteiger partial charge in [0.1, 0.15) is 0 Å². The van der Waals surface area contributed by atoms with E-state index < -0.39 is 9.84 Å². The fourth-order valence-electron chi connectivity index (χ4n) is 1.77. The quantitative estimate of drug-likeness (QED) is 0.826. The van der Waals surface area contributed by atoms with E-state index in [1.807, 2.05) is 19.1 Å². The van der Waals surface area contributed by atoms with E-state index in [9.17, 15) is 8.42 Å². The Hall–Kier alpha value is -1.13. The average molecular weight is 223 g/mol. The highest BCUT2D eigenvalue weighted by Crippen LogP contribution is 2.34. The molecule has 1 heterocycles. The Morgan fingerprint density at radius 1 is 1.33 bits per heavy atom. The van der Waals surface area contributed by atoms with Gasteiger partial charge in [0.05, 0.1) is 9.80 Å². The van der Waals surface area contributed by atoms with Gasteiger partial charge in [-0.1, -0.05) is 17.7 Å². The number of hydrogen-bond acceptors (Lipinski definition) is 3. The molecular weight excluding hydrogens is 210 g/mol. The van der Waals surface area contributed by atoms with Gasteiger partial charge < -0.3 is 5.73 Å². The second-order valence-corrected chi connectivity index (χ2v) is 5.67.